The lowest BCUT2D eigenvalue weighted by atomic mass is 9.94. The molecule has 0 bridgehead atoms. The number of nitrogens with zero attached hydrogens (tertiary/aromatic N) is 3. The number of fused-ring (bicyclic) bond motifs is 1. The molecule has 1 saturated carbocycles. The van der Waals surface area contributed by atoms with Crippen LogP contribution in [0, 0.1) is 19.8 Å². The van der Waals surface area contributed by atoms with Gasteiger partial charge in [-0.1, -0.05) is 42.1 Å². The fourth-order valence-corrected chi connectivity index (χ4v) is 4.42. The molecule has 0 amide bonds. The highest BCUT2D eigenvalue weighted by Gasteiger charge is 2.28. The molecule has 0 saturated heterocycles. The lowest BCUT2D eigenvalue weighted by Crippen LogP contribution is -2.13. The molecule has 1 aliphatic rings. The van der Waals surface area contributed by atoms with E-state index in [9.17, 15) is 0 Å². The molecule has 2 N–H and O–H groups in total. The van der Waals surface area contributed by atoms with Crippen LogP contribution in [0.15, 0.2) is 24.3 Å². The van der Waals surface area contributed by atoms with Gasteiger partial charge in [-0.2, -0.15) is 5.10 Å². The van der Waals surface area contributed by atoms with Gasteiger partial charge in [0, 0.05) is 27.9 Å². The Bertz CT molecular complexity index is 992. The summed E-state index contributed by atoms with van der Waals surface area (Å²) < 4.78 is 2.01. The summed E-state index contributed by atoms with van der Waals surface area (Å²) in [7, 11) is 0. The largest absolute Gasteiger partial charge is 0.330 e. The van der Waals surface area contributed by atoms with Crippen LogP contribution in [0.25, 0.3) is 16.8 Å². The Morgan fingerprint density at radius 1 is 1.22 bits per heavy atom. The fraction of sp³-hybridized carbons (Fsp3) is 0.429. The number of aromatic nitrogens is 3. The fourth-order valence-electron chi connectivity index (χ4n) is 3.91. The highest BCUT2D eigenvalue weighted by atomic mass is 35.5. The Kier molecular flexibility index (Phi) is 5.15. The van der Waals surface area contributed by atoms with Crippen LogP contribution in [-0.4, -0.2) is 21.1 Å². The van der Waals surface area contributed by atoms with E-state index >= 15 is 0 Å². The van der Waals surface area contributed by atoms with Crippen molar-refractivity contribution in [1.82, 2.24) is 14.6 Å². The van der Waals surface area contributed by atoms with E-state index in [0.717, 1.165) is 40.5 Å². The molecule has 4 rings (SSSR count). The topological polar surface area (TPSA) is 56.2 Å². The standard InChI is InChI=1S/C21H24Cl2N4/c1-12-9-19(15(7-8-24)10-14-3-4-14)27-21(25-12)20(13(2)26-27)17-6-5-16(22)11-18(17)23/h5-6,9,11,14-15H,3-4,7-8,10,24H2,1-2H3. The highest BCUT2D eigenvalue weighted by Crippen LogP contribution is 2.41. The van der Waals surface area contributed by atoms with Crippen LogP contribution in [0.2, 0.25) is 10.0 Å². The molecule has 2 aromatic heterocycles. The van der Waals surface area contributed by atoms with Gasteiger partial charge in [0.25, 0.3) is 0 Å². The van der Waals surface area contributed by atoms with Gasteiger partial charge in [-0.25, -0.2) is 9.50 Å². The first-order chi connectivity index (χ1) is 13.0. The van der Waals surface area contributed by atoms with Crippen LogP contribution in [0.3, 0.4) is 0 Å². The minimum atomic E-state index is 0.402. The number of hydrogen-bond acceptors (Lipinski definition) is 3. The zero-order valence-electron chi connectivity index (χ0n) is 15.7. The van der Waals surface area contributed by atoms with Gasteiger partial charge in [0.15, 0.2) is 5.65 Å². The third-order valence-electron chi connectivity index (χ3n) is 5.37. The third-order valence-corrected chi connectivity index (χ3v) is 5.92. The van der Waals surface area contributed by atoms with Gasteiger partial charge < -0.3 is 5.73 Å². The Morgan fingerprint density at radius 3 is 2.67 bits per heavy atom. The van der Waals surface area contributed by atoms with Gasteiger partial charge >= 0.3 is 0 Å². The quantitative estimate of drug-likeness (QED) is 0.587. The van der Waals surface area contributed by atoms with Crippen molar-refractivity contribution in [2.24, 2.45) is 11.7 Å². The molecule has 1 atom stereocenters. The molecule has 27 heavy (non-hydrogen) atoms. The molecule has 0 radical (unpaired) electrons. The van der Waals surface area contributed by atoms with Crippen molar-refractivity contribution in [1.29, 1.82) is 0 Å². The maximum absolute atomic E-state index is 6.50. The summed E-state index contributed by atoms with van der Waals surface area (Å²) >= 11 is 12.6. The summed E-state index contributed by atoms with van der Waals surface area (Å²) in [6.45, 7) is 4.72. The summed E-state index contributed by atoms with van der Waals surface area (Å²) in [5.74, 6) is 1.23. The average Bonchev–Trinajstić information content (AvgIpc) is 3.37. The molecule has 2 heterocycles. The van der Waals surface area contributed by atoms with Crippen LogP contribution in [0.5, 0.6) is 0 Å². The number of halogens is 2. The van der Waals surface area contributed by atoms with Gasteiger partial charge in [-0.15, -0.1) is 0 Å². The molecular weight excluding hydrogens is 379 g/mol. The number of benzene rings is 1. The monoisotopic (exact) mass is 402 g/mol. The van der Waals surface area contributed by atoms with Crippen molar-refractivity contribution in [2.45, 2.75) is 45.4 Å². The predicted molar refractivity (Wildman–Crippen MR) is 112 cm³/mol. The third kappa shape index (κ3) is 3.71. The van der Waals surface area contributed by atoms with Crippen molar-refractivity contribution >= 4 is 28.8 Å². The van der Waals surface area contributed by atoms with Gasteiger partial charge in [0.2, 0.25) is 0 Å². The van der Waals surface area contributed by atoms with E-state index in [1.165, 1.54) is 25.0 Å². The molecule has 142 valence electrons. The van der Waals surface area contributed by atoms with Crippen molar-refractivity contribution in [3.8, 4) is 11.1 Å². The summed E-state index contributed by atoms with van der Waals surface area (Å²) in [5.41, 5.74) is 11.8. The van der Waals surface area contributed by atoms with E-state index in [2.05, 4.69) is 6.07 Å². The van der Waals surface area contributed by atoms with Gasteiger partial charge in [-0.3, -0.25) is 0 Å². The van der Waals surface area contributed by atoms with E-state index in [-0.39, 0.29) is 0 Å². The van der Waals surface area contributed by atoms with E-state index in [1.807, 2.05) is 30.5 Å². The molecule has 1 unspecified atom stereocenters. The Morgan fingerprint density at radius 2 is 2.00 bits per heavy atom. The van der Waals surface area contributed by atoms with Crippen LogP contribution in [-0.2, 0) is 0 Å². The van der Waals surface area contributed by atoms with Gasteiger partial charge in [-0.05, 0) is 57.4 Å². The SMILES string of the molecule is Cc1cc(C(CCN)CC2CC2)n2nc(C)c(-c3ccc(Cl)cc3Cl)c2n1. The number of aryl methyl sites for hydroxylation is 2. The molecule has 4 nitrogen and oxygen atoms in total. The normalized spacial score (nSPS) is 15.4. The van der Waals surface area contributed by atoms with E-state index in [0.29, 0.717) is 22.5 Å². The first-order valence-corrected chi connectivity index (χ1v) is 10.3. The molecule has 6 heteroatoms. The molecule has 1 fully saturated rings. The van der Waals surface area contributed by atoms with Crippen LogP contribution < -0.4 is 5.73 Å². The van der Waals surface area contributed by atoms with Crippen molar-refractivity contribution in [2.75, 3.05) is 6.54 Å². The van der Waals surface area contributed by atoms with E-state index < -0.39 is 0 Å². The minimum absolute atomic E-state index is 0.402. The first-order valence-electron chi connectivity index (χ1n) is 9.50. The maximum atomic E-state index is 6.50. The molecule has 1 aromatic carbocycles. The zero-order chi connectivity index (χ0) is 19.1. The summed E-state index contributed by atoms with van der Waals surface area (Å²) in [6, 6.07) is 7.73. The van der Waals surface area contributed by atoms with Crippen molar-refractivity contribution in [3.05, 3.63) is 51.4 Å². The predicted octanol–water partition coefficient (Wildman–Crippen LogP) is 5.55. The second kappa shape index (κ2) is 7.42. The molecule has 0 spiro atoms. The molecule has 3 aromatic rings. The number of hydrogen-bond donors (Lipinski definition) is 1. The summed E-state index contributed by atoms with van der Waals surface area (Å²) in [6.07, 6.45) is 4.80. The van der Waals surface area contributed by atoms with Gasteiger partial charge in [0.05, 0.1) is 16.3 Å². The Hall–Kier alpha value is -1.62. The molecule has 1 aliphatic carbocycles. The highest BCUT2D eigenvalue weighted by molar-refractivity contribution is 6.36. The minimum Gasteiger partial charge on any atom is -0.330 e. The second-order valence-corrected chi connectivity index (χ2v) is 8.44. The van der Waals surface area contributed by atoms with Gasteiger partial charge in [0.1, 0.15) is 0 Å². The maximum Gasteiger partial charge on any atom is 0.163 e. The number of rotatable bonds is 6. The van der Waals surface area contributed by atoms with E-state index in [1.54, 1.807) is 6.07 Å². The summed E-state index contributed by atoms with van der Waals surface area (Å²) in [5, 5.41) is 6.08. The lowest BCUT2D eigenvalue weighted by Gasteiger charge is -2.18. The first kappa shape index (κ1) is 18.7. The zero-order valence-corrected chi connectivity index (χ0v) is 17.2. The Balaban J connectivity index is 1.90. The lowest BCUT2D eigenvalue weighted by molar-refractivity contribution is 0.521. The van der Waals surface area contributed by atoms with E-state index in [4.69, 9.17) is 39.0 Å². The smallest absolute Gasteiger partial charge is 0.163 e. The Labute approximate surface area is 169 Å². The average molecular weight is 403 g/mol. The summed E-state index contributed by atoms with van der Waals surface area (Å²) in [4.78, 5) is 4.81. The number of nitrogens with two attached hydrogens (primary N) is 1. The molecular formula is C21H24Cl2N4. The molecule has 0 aliphatic heterocycles. The van der Waals surface area contributed by atoms with Crippen LogP contribution in [0.4, 0.5) is 0 Å². The second-order valence-electron chi connectivity index (χ2n) is 7.60. The van der Waals surface area contributed by atoms with Crippen molar-refractivity contribution < 1.29 is 0 Å². The van der Waals surface area contributed by atoms with Crippen LogP contribution in [0.1, 0.15) is 48.7 Å². The van der Waals surface area contributed by atoms with Crippen LogP contribution >= 0.6 is 23.2 Å². The van der Waals surface area contributed by atoms with Crippen molar-refractivity contribution in [3.63, 3.8) is 0 Å².